The Kier molecular flexibility index (Phi) is 4.90. The molecule has 0 atom stereocenters. The van der Waals surface area contributed by atoms with Gasteiger partial charge in [0.05, 0.1) is 16.9 Å². The van der Waals surface area contributed by atoms with Gasteiger partial charge in [0.1, 0.15) is 0 Å². The summed E-state index contributed by atoms with van der Waals surface area (Å²) in [4.78, 5) is 65.7. The molecule has 3 aromatic rings. The molecule has 2 heterocycles. The molecule has 0 amide bonds. The third kappa shape index (κ3) is 3.34. The number of H-pyrrole nitrogens is 2. The van der Waals surface area contributed by atoms with Gasteiger partial charge < -0.3 is 5.11 Å². The smallest absolute Gasteiger partial charge is 0.338 e. The highest BCUT2D eigenvalue weighted by Crippen LogP contribution is 2.14. The van der Waals surface area contributed by atoms with E-state index in [-0.39, 0.29) is 26.5 Å². The number of benzene rings is 1. The first-order valence-corrected chi connectivity index (χ1v) is 8.58. The Morgan fingerprint density at radius 3 is 1.55 bits per heavy atom. The molecule has 0 bridgehead atoms. The van der Waals surface area contributed by atoms with Gasteiger partial charge in [-0.25, -0.2) is 33.1 Å². The molecule has 0 radical (unpaired) electrons. The third-order valence-electron chi connectivity index (χ3n) is 4.07. The van der Waals surface area contributed by atoms with E-state index in [0.717, 1.165) is 27.3 Å². The summed E-state index contributed by atoms with van der Waals surface area (Å²) < 4.78 is 2.93. The van der Waals surface area contributed by atoms with E-state index in [9.17, 15) is 29.1 Å². The van der Waals surface area contributed by atoms with Crippen molar-refractivity contribution < 1.29 is 9.90 Å². The Bertz CT molecular complexity index is 1430. The number of aromatic amines is 2. The summed E-state index contributed by atoms with van der Waals surface area (Å²) in [5, 5.41) is 9.41. The number of rotatable bonds is 3. The molecule has 29 heavy (non-hydrogen) atoms. The topological polar surface area (TPSA) is 157 Å². The molecule has 2 aromatic heterocycles. The Hall–Kier alpha value is -3.65. The van der Waals surface area contributed by atoms with Crippen LogP contribution in [0.15, 0.2) is 37.4 Å². The van der Waals surface area contributed by atoms with Gasteiger partial charge in [-0.15, -0.1) is 0 Å². The van der Waals surface area contributed by atoms with Crippen molar-refractivity contribution in [3.63, 3.8) is 0 Å². The zero-order valence-corrected chi connectivity index (χ0v) is 16.5. The van der Waals surface area contributed by atoms with E-state index in [2.05, 4.69) is 9.97 Å². The lowest BCUT2D eigenvalue weighted by molar-refractivity contribution is 0.0696. The highest BCUT2D eigenvalue weighted by atomic mass is 32.1. The molecule has 0 saturated heterocycles. The van der Waals surface area contributed by atoms with Crippen LogP contribution in [0, 0.1) is 9.54 Å². The van der Waals surface area contributed by atoms with Crippen LogP contribution in [0.1, 0.15) is 10.4 Å². The van der Waals surface area contributed by atoms with Gasteiger partial charge in [-0.3, -0.25) is 19.1 Å². The normalized spacial score (nSPS) is 10.8. The van der Waals surface area contributed by atoms with Crippen LogP contribution in [0.5, 0.6) is 0 Å². The predicted molar refractivity (Wildman–Crippen MR) is 105 cm³/mol. The summed E-state index contributed by atoms with van der Waals surface area (Å²) in [7, 11) is 2.63. The van der Waals surface area contributed by atoms with Crippen molar-refractivity contribution in [2.75, 3.05) is 0 Å². The fraction of sp³-hybridized carbons (Fsp3) is 0.133. The van der Waals surface area contributed by atoms with Gasteiger partial charge in [-0.2, -0.15) is 0 Å². The van der Waals surface area contributed by atoms with Crippen molar-refractivity contribution in [2.24, 2.45) is 14.1 Å². The summed E-state index contributed by atoms with van der Waals surface area (Å²) in [6.45, 7) is 0. The SMILES string of the molecule is Cn1c(=S)[nH]c(=O)n(-c2cc(C(=O)O)cc(-n3c(=O)[nH]c(=S)n(C)c3=O)c2)c1=O. The van der Waals surface area contributed by atoms with Gasteiger partial charge in [-0.1, -0.05) is 0 Å². The van der Waals surface area contributed by atoms with Crippen LogP contribution in [-0.4, -0.2) is 39.3 Å². The summed E-state index contributed by atoms with van der Waals surface area (Å²) in [6.07, 6.45) is 0. The van der Waals surface area contributed by atoms with Crippen LogP contribution in [0.2, 0.25) is 0 Å². The Balaban J connectivity index is 2.48. The van der Waals surface area contributed by atoms with Crippen molar-refractivity contribution >= 4 is 30.4 Å². The fourth-order valence-electron chi connectivity index (χ4n) is 2.54. The van der Waals surface area contributed by atoms with E-state index in [1.165, 1.54) is 14.1 Å². The van der Waals surface area contributed by atoms with Crippen LogP contribution in [0.25, 0.3) is 11.4 Å². The van der Waals surface area contributed by atoms with Crippen LogP contribution in [0.3, 0.4) is 0 Å². The van der Waals surface area contributed by atoms with Crippen molar-refractivity contribution in [1.29, 1.82) is 0 Å². The first-order chi connectivity index (χ1) is 13.5. The van der Waals surface area contributed by atoms with Crippen molar-refractivity contribution in [3.05, 3.63) is 75.2 Å². The number of aromatic nitrogens is 6. The quantitative estimate of drug-likeness (QED) is 0.450. The molecule has 0 spiro atoms. The maximum atomic E-state index is 12.5. The van der Waals surface area contributed by atoms with Gasteiger partial charge in [0.2, 0.25) is 0 Å². The maximum absolute atomic E-state index is 12.5. The van der Waals surface area contributed by atoms with E-state index in [0.29, 0.717) is 9.13 Å². The molecule has 3 rings (SSSR count). The number of aromatic carboxylic acids is 1. The average Bonchev–Trinajstić information content (AvgIpc) is 2.64. The summed E-state index contributed by atoms with van der Waals surface area (Å²) >= 11 is 9.73. The fourth-order valence-corrected chi connectivity index (χ4v) is 2.87. The number of nitrogens with zero attached hydrogens (tertiary/aromatic N) is 4. The van der Waals surface area contributed by atoms with E-state index >= 15 is 0 Å². The molecule has 150 valence electrons. The Morgan fingerprint density at radius 2 is 1.21 bits per heavy atom. The number of carboxylic acid groups (broad SMARTS) is 1. The number of nitrogens with one attached hydrogen (secondary N) is 2. The van der Waals surface area contributed by atoms with Gasteiger partial charge in [0.15, 0.2) is 9.54 Å². The summed E-state index contributed by atoms with van der Waals surface area (Å²) in [5.41, 5.74) is -4.27. The molecule has 12 nitrogen and oxygen atoms in total. The molecule has 0 aliphatic rings. The maximum Gasteiger partial charge on any atom is 0.338 e. The summed E-state index contributed by atoms with van der Waals surface area (Å²) in [6, 6.07) is 3.24. The molecular formula is C15H12N6O6S2. The molecular weight excluding hydrogens is 424 g/mol. The third-order valence-corrected chi connectivity index (χ3v) is 4.82. The second-order valence-corrected chi connectivity index (χ2v) is 6.64. The summed E-state index contributed by atoms with van der Waals surface area (Å²) in [5.74, 6) is -1.41. The van der Waals surface area contributed by atoms with Gasteiger partial charge >= 0.3 is 28.7 Å². The number of carbonyl (C=O) groups is 1. The van der Waals surface area contributed by atoms with Crippen molar-refractivity contribution in [3.8, 4) is 11.4 Å². The molecule has 0 fully saturated rings. The Morgan fingerprint density at radius 1 is 0.828 bits per heavy atom. The van der Waals surface area contributed by atoms with E-state index in [1.54, 1.807) is 0 Å². The monoisotopic (exact) mass is 436 g/mol. The van der Waals surface area contributed by atoms with Gasteiger partial charge in [0, 0.05) is 14.1 Å². The number of hydrogen-bond donors (Lipinski definition) is 3. The molecule has 0 unspecified atom stereocenters. The molecule has 0 aliphatic heterocycles. The molecule has 1 aromatic carbocycles. The van der Waals surface area contributed by atoms with Gasteiger partial charge in [0.25, 0.3) is 0 Å². The standard InChI is InChI=1S/C15H12N6O6S2/c1-18-12(28)16-10(24)20(14(18)26)7-3-6(9(22)23)4-8(5-7)21-11(25)17-13(29)19(2)15(21)27/h3-5H,1-2H3,(H,22,23)(H,16,24,28)(H,17,25,29). The predicted octanol–water partition coefficient (Wildman–Crippen LogP) is -0.801. The minimum Gasteiger partial charge on any atom is -0.478 e. The lowest BCUT2D eigenvalue weighted by Gasteiger charge is -2.12. The second-order valence-electron chi connectivity index (χ2n) is 5.87. The lowest BCUT2D eigenvalue weighted by atomic mass is 10.1. The Labute approximate surface area is 169 Å². The van der Waals surface area contributed by atoms with Crippen LogP contribution < -0.4 is 22.8 Å². The molecule has 14 heteroatoms. The molecule has 0 aliphatic carbocycles. The van der Waals surface area contributed by atoms with Crippen LogP contribution >= 0.6 is 24.4 Å². The molecule has 0 saturated carbocycles. The highest BCUT2D eigenvalue weighted by molar-refractivity contribution is 7.71. The van der Waals surface area contributed by atoms with Crippen LogP contribution in [0.4, 0.5) is 0 Å². The van der Waals surface area contributed by atoms with E-state index < -0.39 is 28.7 Å². The van der Waals surface area contributed by atoms with Crippen molar-refractivity contribution in [1.82, 2.24) is 28.2 Å². The second kappa shape index (κ2) is 7.06. The van der Waals surface area contributed by atoms with E-state index in [1.807, 2.05) is 0 Å². The average molecular weight is 436 g/mol. The molecule has 3 N–H and O–H groups in total. The minimum atomic E-state index is -1.41. The highest BCUT2D eigenvalue weighted by Gasteiger charge is 2.16. The number of hydrogen-bond acceptors (Lipinski definition) is 7. The first kappa shape index (κ1) is 20.1. The van der Waals surface area contributed by atoms with Crippen LogP contribution in [-0.2, 0) is 14.1 Å². The number of carboxylic acids is 1. The van der Waals surface area contributed by atoms with Crippen molar-refractivity contribution in [2.45, 2.75) is 0 Å². The zero-order chi connectivity index (χ0) is 21.6. The van der Waals surface area contributed by atoms with E-state index in [4.69, 9.17) is 24.4 Å². The lowest BCUT2D eigenvalue weighted by Crippen LogP contribution is -2.41. The first-order valence-electron chi connectivity index (χ1n) is 7.77. The minimum absolute atomic E-state index is 0.133. The van der Waals surface area contributed by atoms with Gasteiger partial charge in [-0.05, 0) is 42.6 Å². The zero-order valence-electron chi connectivity index (χ0n) is 14.8. The largest absolute Gasteiger partial charge is 0.478 e.